The van der Waals surface area contributed by atoms with Crippen LogP contribution in [0.15, 0.2) is 23.1 Å². The Labute approximate surface area is 184 Å². The number of carboxylic acid groups (broad SMARTS) is 1. The quantitative estimate of drug-likeness (QED) is 0.300. The van der Waals surface area contributed by atoms with E-state index in [0.29, 0.717) is 46.7 Å². The van der Waals surface area contributed by atoms with Crippen LogP contribution >= 0.6 is 24.0 Å². The van der Waals surface area contributed by atoms with Crippen molar-refractivity contribution in [1.29, 1.82) is 0 Å². The summed E-state index contributed by atoms with van der Waals surface area (Å²) < 4.78 is 11.0. The van der Waals surface area contributed by atoms with Gasteiger partial charge in [0.15, 0.2) is 11.5 Å². The highest BCUT2D eigenvalue weighted by Gasteiger charge is 2.31. The minimum Gasteiger partial charge on any atom is -0.493 e. The first-order valence-electron chi connectivity index (χ1n) is 9.31. The van der Waals surface area contributed by atoms with Crippen LogP contribution in [0, 0.1) is 0 Å². The minimum atomic E-state index is -0.889. The maximum atomic E-state index is 12.7. The molecule has 0 aromatic heterocycles. The molecular weight excluding hydrogens is 428 g/mol. The number of nitrogens with zero attached hydrogens (tertiary/aromatic N) is 1. The van der Waals surface area contributed by atoms with E-state index < -0.39 is 5.97 Å². The Balaban J connectivity index is 1.88. The topological polar surface area (TPSA) is 105 Å². The predicted molar refractivity (Wildman–Crippen MR) is 119 cm³/mol. The molecule has 0 unspecified atom stereocenters. The van der Waals surface area contributed by atoms with Crippen molar-refractivity contribution in [3.8, 4) is 11.5 Å². The number of hydrogen-bond donors (Lipinski definition) is 2. The number of rotatable bonds is 11. The summed E-state index contributed by atoms with van der Waals surface area (Å²) >= 11 is 6.53. The van der Waals surface area contributed by atoms with E-state index in [1.807, 2.05) is 6.07 Å². The number of ether oxygens (including phenoxy) is 2. The number of carbonyl (C=O) groups is 3. The van der Waals surface area contributed by atoms with E-state index in [1.54, 1.807) is 32.4 Å². The largest absolute Gasteiger partial charge is 0.493 e. The van der Waals surface area contributed by atoms with Gasteiger partial charge in [0.05, 0.1) is 19.1 Å². The Morgan fingerprint density at radius 3 is 2.60 bits per heavy atom. The summed E-state index contributed by atoms with van der Waals surface area (Å²) in [6, 6.07) is 5.36. The molecule has 1 aliphatic rings. The molecule has 0 radical (unpaired) electrons. The monoisotopic (exact) mass is 452 g/mol. The fraction of sp³-hybridized carbons (Fsp3) is 0.400. The second kappa shape index (κ2) is 11.6. The molecule has 0 atom stereocenters. The zero-order chi connectivity index (χ0) is 22.1. The number of carbonyl (C=O) groups excluding carboxylic acids is 2. The highest BCUT2D eigenvalue weighted by Crippen LogP contribution is 2.34. The van der Waals surface area contributed by atoms with Gasteiger partial charge in [0.2, 0.25) is 5.91 Å². The van der Waals surface area contributed by atoms with Crippen molar-refractivity contribution in [2.45, 2.75) is 25.7 Å². The van der Waals surface area contributed by atoms with E-state index >= 15 is 0 Å². The molecule has 1 aromatic rings. The van der Waals surface area contributed by atoms with Gasteiger partial charge in [-0.1, -0.05) is 30.0 Å². The van der Waals surface area contributed by atoms with Crippen molar-refractivity contribution in [2.75, 3.05) is 27.3 Å². The minimum absolute atomic E-state index is 0.0171. The van der Waals surface area contributed by atoms with Gasteiger partial charge < -0.3 is 19.9 Å². The lowest BCUT2D eigenvalue weighted by Gasteiger charge is -2.14. The average Bonchev–Trinajstić information content (AvgIpc) is 2.98. The summed E-state index contributed by atoms with van der Waals surface area (Å²) in [6.45, 7) is 0.663. The zero-order valence-corrected chi connectivity index (χ0v) is 18.4. The van der Waals surface area contributed by atoms with Crippen LogP contribution in [0.5, 0.6) is 11.5 Å². The van der Waals surface area contributed by atoms with Gasteiger partial charge >= 0.3 is 5.97 Å². The first kappa shape index (κ1) is 23.7. The van der Waals surface area contributed by atoms with Gasteiger partial charge in [-0.25, -0.2) is 0 Å². The van der Waals surface area contributed by atoms with Crippen LogP contribution in [0.3, 0.4) is 0 Å². The molecule has 2 N–H and O–H groups in total. The second-order valence-electron chi connectivity index (χ2n) is 6.40. The molecule has 0 spiro atoms. The lowest BCUT2D eigenvalue weighted by molar-refractivity contribution is -0.137. The van der Waals surface area contributed by atoms with E-state index in [9.17, 15) is 14.4 Å². The van der Waals surface area contributed by atoms with Crippen molar-refractivity contribution in [2.24, 2.45) is 0 Å². The molecule has 2 rings (SSSR count). The molecule has 1 heterocycles. The van der Waals surface area contributed by atoms with Gasteiger partial charge in [-0.05, 0) is 36.6 Å². The average molecular weight is 453 g/mol. The molecule has 0 bridgehead atoms. The molecule has 2 amide bonds. The summed E-state index contributed by atoms with van der Waals surface area (Å²) in [4.78, 5) is 36.9. The lowest BCUT2D eigenvalue weighted by atomic mass is 10.2. The number of aliphatic carboxylic acids is 1. The van der Waals surface area contributed by atoms with Crippen molar-refractivity contribution in [3.05, 3.63) is 28.7 Å². The van der Waals surface area contributed by atoms with Crippen LogP contribution in [0.4, 0.5) is 0 Å². The number of thiocarbonyl (C=S) groups is 1. The lowest BCUT2D eigenvalue weighted by Crippen LogP contribution is -2.31. The van der Waals surface area contributed by atoms with Gasteiger partial charge in [-0.15, -0.1) is 0 Å². The Bertz CT molecular complexity index is 856. The normalized spacial score (nSPS) is 14.9. The van der Waals surface area contributed by atoms with Crippen LogP contribution in [0.1, 0.15) is 31.2 Å². The van der Waals surface area contributed by atoms with Crippen LogP contribution in [-0.4, -0.2) is 59.4 Å². The molecule has 0 saturated carbocycles. The predicted octanol–water partition coefficient (Wildman–Crippen LogP) is 2.67. The SMILES string of the molecule is COc1ccc(/C=C2\SC(=S)N(CCCC(=O)NCCCC(=O)O)C2=O)cc1OC. The third-order valence-corrected chi connectivity index (χ3v) is 5.63. The summed E-state index contributed by atoms with van der Waals surface area (Å²) in [5, 5.41) is 11.2. The molecule has 0 aliphatic carbocycles. The summed E-state index contributed by atoms with van der Waals surface area (Å²) in [7, 11) is 3.10. The van der Waals surface area contributed by atoms with Crippen molar-refractivity contribution in [3.63, 3.8) is 0 Å². The maximum Gasteiger partial charge on any atom is 0.303 e. The standard InChI is InChI=1S/C20H24N2O6S2/c1-27-14-8-7-13(11-15(14)28-2)12-16-19(26)22(20(29)30-16)10-4-5-17(23)21-9-3-6-18(24)25/h7-8,11-12H,3-6,9-10H2,1-2H3,(H,21,23)(H,24,25)/b16-12-. The number of thioether (sulfide) groups is 1. The van der Waals surface area contributed by atoms with Gasteiger partial charge in [0, 0.05) is 25.9 Å². The van der Waals surface area contributed by atoms with E-state index in [-0.39, 0.29) is 24.7 Å². The Morgan fingerprint density at radius 2 is 1.93 bits per heavy atom. The van der Waals surface area contributed by atoms with Crippen molar-refractivity contribution < 1.29 is 29.0 Å². The highest BCUT2D eigenvalue weighted by molar-refractivity contribution is 8.26. The molecular formula is C20H24N2O6S2. The van der Waals surface area contributed by atoms with Crippen LogP contribution in [0.2, 0.25) is 0 Å². The first-order chi connectivity index (χ1) is 14.3. The molecule has 162 valence electrons. The van der Waals surface area contributed by atoms with Crippen molar-refractivity contribution in [1.82, 2.24) is 10.2 Å². The fourth-order valence-electron chi connectivity index (χ4n) is 2.74. The smallest absolute Gasteiger partial charge is 0.303 e. The van der Waals surface area contributed by atoms with Crippen LogP contribution < -0.4 is 14.8 Å². The van der Waals surface area contributed by atoms with Gasteiger partial charge in [0.25, 0.3) is 5.91 Å². The Kier molecular flexibility index (Phi) is 9.13. The third kappa shape index (κ3) is 6.74. The van der Waals surface area contributed by atoms with E-state index in [2.05, 4.69) is 5.32 Å². The number of hydrogen-bond acceptors (Lipinski definition) is 7. The number of benzene rings is 1. The van der Waals surface area contributed by atoms with Gasteiger partial charge in [-0.2, -0.15) is 0 Å². The third-order valence-electron chi connectivity index (χ3n) is 4.25. The molecule has 10 heteroatoms. The Hall–Kier alpha value is -2.59. The molecule has 1 saturated heterocycles. The second-order valence-corrected chi connectivity index (χ2v) is 8.07. The Morgan fingerprint density at radius 1 is 1.20 bits per heavy atom. The van der Waals surface area contributed by atoms with E-state index in [4.69, 9.17) is 26.8 Å². The fourth-order valence-corrected chi connectivity index (χ4v) is 4.05. The molecule has 30 heavy (non-hydrogen) atoms. The van der Waals surface area contributed by atoms with Gasteiger partial charge in [-0.3, -0.25) is 19.3 Å². The molecule has 1 fully saturated rings. The summed E-state index contributed by atoms with van der Waals surface area (Å²) in [5.41, 5.74) is 0.786. The maximum absolute atomic E-state index is 12.7. The van der Waals surface area contributed by atoms with E-state index in [1.165, 1.54) is 16.7 Å². The van der Waals surface area contributed by atoms with Crippen molar-refractivity contribution >= 4 is 52.2 Å². The number of methoxy groups -OCH3 is 2. The molecule has 1 aromatic carbocycles. The molecule has 1 aliphatic heterocycles. The van der Waals surface area contributed by atoms with Crippen LogP contribution in [-0.2, 0) is 14.4 Å². The summed E-state index contributed by atoms with van der Waals surface area (Å²) in [5.74, 6) is -0.0902. The molecule has 8 nitrogen and oxygen atoms in total. The zero-order valence-electron chi connectivity index (χ0n) is 16.8. The first-order valence-corrected chi connectivity index (χ1v) is 10.5. The number of nitrogens with one attached hydrogen (secondary N) is 1. The van der Waals surface area contributed by atoms with Gasteiger partial charge in [0.1, 0.15) is 4.32 Å². The highest BCUT2D eigenvalue weighted by atomic mass is 32.2. The number of amides is 2. The van der Waals surface area contributed by atoms with E-state index in [0.717, 1.165) is 5.56 Å². The number of carboxylic acids is 1. The summed E-state index contributed by atoms with van der Waals surface area (Å²) in [6.07, 6.45) is 2.84. The van der Waals surface area contributed by atoms with Crippen LogP contribution in [0.25, 0.3) is 6.08 Å².